The summed E-state index contributed by atoms with van der Waals surface area (Å²) in [6.45, 7) is 4.28. The zero-order chi connectivity index (χ0) is 15.6. The summed E-state index contributed by atoms with van der Waals surface area (Å²) in [5.74, 6) is -0.298. The van der Waals surface area contributed by atoms with Gasteiger partial charge in [-0.15, -0.1) is 0 Å². The number of aromatic nitrogens is 2. The van der Waals surface area contributed by atoms with Crippen molar-refractivity contribution in [3.63, 3.8) is 0 Å². The van der Waals surface area contributed by atoms with Gasteiger partial charge in [0, 0.05) is 13.2 Å². The summed E-state index contributed by atoms with van der Waals surface area (Å²) in [5.41, 5.74) is -0.139. The van der Waals surface area contributed by atoms with E-state index in [9.17, 15) is 13.6 Å². The maximum Gasteiger partial charge on any atom is 0.283 e. The van der Waals surface area contributed by atoms with Crippen LogP contribution in [-0.4, -0.2) is 34.9 Å². The predicted molar refractivity (Wildman–Crippen MR) is 73.6 cm³/mol. The standard InChI is InChI=1S/C13H18ClF2N3O2/c1-7-10(14)11(12(15)16)18-19(7)8(2)13(20)17-6-9-4-3-5-21-9/h8-9,12H,3-6H2,1-2H3,(H,17,20)/t8-,9-/m0/s1. The minimum absolute atomic E-state index is 0.0279. The van der Waals surface area contributed by atoms with Crippen molar-refractivity contribution in [1.29, 1.82) is 0 Å². The molecule has 1 amide bonds. The largest absolute Gasteiger partial charge is 0.376 e. The van der Waals surface area contributed by atoms with Gasteiger partial charge in [0.25, 0.3) is 6.43 Å². The Labute approximate surface area is 126 Å². The van der Waals surface area contributed by atoms with Gasteiger partial charge in [-0.2, -0.15) is 5.10 Å². The Morgan fingerprint density at radius 1 is 1.62 bits per heavy atom. The van der Waals surface area contributed by atoms with Gasteiger partial charge in [0.2, 0.25) is 5.91 Å². The molecule has 2 atom stereocenters. The molecule has 118 valence electrons. The maximum absolute atomic E-state index is 12.8. The molecule has 1 N–H and O–H groups in total. The minimum Gasteiger partial charge on any atom is -0.376 e. The number of carbonyl (C=O) groups is 1. The van der Waals surface area contributed by atoms with Gasteiger partial charge in [0.1, 0.15) is 11.7 Å². The van der Waals surface area contributed by atoms with Crippen LogP contribution >= 0.6 is 11.6 Å². The zero-order valence-corrected chi connectivity index (χ0v) is 12.7. The van der Waals surface area contributed by atoms with E-state index in [-0.39, 0.29) is 17.0 Å². The highest BCUT2D eigenvalue weighted by molar-refractivity contribution is 6.31. The molecule has 0 aromatic carbocycles. The molecule has 8 heteroatoms. The average Bonchev–Trinajstić information content (AvgIpc) is 3.05. The van der Waals surface area contributed by atoms with Crippen molar-refractivity contribution in [2.24, 2.45) is 0 Å². The van der Waals surface area contributed by atoms with Gasteiger partial charge in [-0.1, -0.05) is 11.6 Å². The van der Waals surface area contributed by atoms with Crippen LogP contribution in [-0.2, 0) is 9.53 Å². The zero-order valence-electron chi connectivity index (χ0n) is 11.9. The lowest BCUT2D eigenvalue weighted by molar-refractivity contribution is -0.124. The molecule has 21 heavy (non-hydrogen) atoms. The third kappa shape index (κ3) is 3.52. The number of nitrogens with one attached hydrogen (secondary N) is 1. The first-order chi connectivity index (χ1) is 9.91. The molecular weight excluding hydrogens is 304 g/mol. The van der Waals surface area contributed by atoms with Crippen molar-refractivity contribution in [3.05, 3.63) is 16.4 Å². The molecule has 0 bridgehead atoms. The molecule has 0 aliphatic carbocycles. The lowest BCUT2D eigenvalue weighted by Gasteiger charge is -2.16. The fourth-order valence-corrected chi connectivity index (χ4v) is 2.52. The number of alkyl halides is 2. The van der Waals surface area contributed by atoms with Crippen molar-refractivity contribution in [1.82, 2.24) is 15.1 Å². The number of rotatable bonds is 5. The molecule has 1 saturated heterocycles. The van der Waals surface area contributed by atoms with E-state index < -0.39 is 18.2 Å². The number of nitrogens with zero attached hydrogens (tertiary/aromatic N) is 2. The molecule has 0 saturated carbocycles. The van der Waals surface area contributed by atoms with Gasteiger partial charge >= 0.3 is 0 Å². The fraction of sp³-hybridized carbons (Fsp3) is 0.692. The van der Waals surface area contributed by atoms with Crippen LogP contribution in [0, 0.1) is 6.92 Å². The Balaban J connectivity index is 2.03. The van der Waals surface area contributed by atoms with Crippen LogP contribution in [0.2, 0.25) is 5.02 Å². The van der Waals surface area contributed by atoms with Crippen LogP contribution in [0.5, 0.6) is 0 Å². The van der Waals surface area contributed by atoms with Gasteiger partial charge in [0.15, 0.2) is 0 Å². The first-order valence-electron chi connectivity index (χ1n) is 6.83. The van der Waals surface area contributed by atoms with Crippen molar-refractivity contribution in [2.45, 2.75) is 45.3 Å². The van der Waals surface area contributed by atoms with Crippen LogP contribution in [0.15, 0.2) is 0 Å². The van der Waals surface area contributed by atoms with E-state index in [1.165, 1.54) is 4.68 Å². The Morgan fingerprint density at radius 2 is 2.33 bits per heavy atom. The van der Waals surface area contributed by atoms with Gasteiger partial charge in [-0.05, 0) is 26.7 Å². The normalized spacial score (nSPS) is 20.0. The van der Waals surface area contributed by atoms with E-state index >= 15 is 0 Å². The van der Waals surface area contributed by atoms with Gasteiger partial charge in [-0.25, -0.2) is 8.78 Å². The van der Waals surface area contributed by atoms with E-state index in [4.69, 9.17) is 16.3 Å². The summed E-state index contributed by atoms with van der Waals surface area (Å²) in [5, 5.41) is 6.41. The second-order valence-corrected chi connectivity index (χ2v) is 5.46. The Morgan fingerprint density at radius 3 is 2.86 bits per heavy atom. The molecule has 1 aromatic heterocycles. The van der Waals surface area contributed by atoms with Gasteiger partial charge in [0.05, 0.1) is 16.8 Å². The quantitative estimate of drug-likeness (QED) is 0.907. The first-order valence-corrected chi connectivity index (χ1v) is 7.21. The Bertz CT molecular complexity index is 516. The Hall–Kier alpha value is -1.21. The fourth-order valence-electron chi connectivity index (χ4n) is 2.32. The molecule has 1 aliphatic rings. The first kappa shape index (κ1) is 16.2. The van der Waals surface area contributed by atoms with Gasteiger partial charge in [-0.3, -0.25) is 9.48 Å². The van der Waals surface area contributed by atoms with Gasteiger partial charge < -0.3 is 10.1 Å². The molecule has 1 aliphatic heterocycles. The molecule has 0 unspecified atom stereocenters. The number of hydrogen-bond donors (Lipinski definition) is 1. The van der Waals surface area contributed by atoms with E-state index in [0.717, 1.165) is 12.8 Å². The number of carbonyl (C=O) groups excluding carboxylic acids is 1. The van der Waals surface area contributed by atoms with Crippen molar-refractivity contribution < 1.29 is 18.3 Å². The number of ether oxygens (including phenoxy) is 1. The van der Waals surface area contributed by atoms with Crippen LogP contribution in [0.1, 0.15) is 43.6 Å². The summed E-state index contributed by atoms with van der Waals surface area (Å²) in [7, 11) is 0. The smallest absolute Gasteiger partial charge is 0.283 e. The van der Waals surface area contributed by atoms with Crippen molar-refractivity contribution >= 4 is 17.5 Å². The topological polar surface area (TPSA) is 56.2 Å². The number of amides is 1. The summed E-state index contributed by atoms with van der Waals surface area (Å²) in [6.07, 6.45) is -0.835. The lowest BCUT2D eigenvalue weighted by atomic mass is 10.2. The SMILES string of the molecule is Cc1c(Cl)c(C(F)F)nn1[C@@H](C)C(=O)NC[C@@H]1CCCO1. The summed E-state index contributed by atoms with van der Waals surface area (Å²) in [4.78, 5) is 12.1. The highest BCUT2D eigenvalue weighted by Crippen LogP contribution is 2.30. The predicted octanol–water partition coefficient (Wildman–Crippen LogP) is 2.64. The van der Waals surface area contributed by atoms with E-state index in [2.05, 4.69) is 10.4 Å². The van der Waals surface area contributed by atoms with Crippen LogP contribution in [0.3, 0.4) is 0 Å². The molecule has 1 fully saturated rings. The lowest BCUT2D eigenvalue weighted by Crippen LogP contribution is -2.36. The number of halogens is 3. The summed E-state index contributed by atoms with van der Waals surface area (Å²) < 4.78 is 32.2. The van der Waals surface area contributed by atoms with Crippen LogP contribution < -0.4 is 5.32 Å². The average molecular weight is 322 g/mol. The second-order valence-electron chi connectivity index (χ2n) is 5.09. The van der Waals surface area contributed by atoms with Crippen LogP contribution in [0.4, 0.5) is 8.78 Å². The minimum atomic E-state index is -2.76. The van der Waals surface area contributed by atoms with Crippen molar-refractivity contribution in [3.8, 4) is 0 Å². The monoisotopic (exact) mass is 321 g/mol. The van der Waals surface area contributed by atoms with Crippen molar-refractivity contribution in [2.75, 3.05) is 13.2 Å². The van der Waals surface area contributed by atoms with E-state index in [1.807, 2.05) is 0 Å². The highest BCUT2D eigenvalue weighted by Gasteiger charge is 2.26. The molecule has 0 spiro atoms. The number of hydrogen-bond acceptors (Lipinski definition) is 3. The Kier molecular flexibility index (Phi) is 5.16. The molecule has 0 radical (unpaired) electrons. The molecule has 2 rings (SSSR count). The molecule has 1 aromatic rings. The van der Waals surface area contributed by atoms with Crippen LogP contribution in [0.25, 0.3) is 0 Å². The second kappa shape index (κ2) is 6.70. The summed E-state index contributed by atoms with van der Waals surface area (Å²) in [6, 6.07) is -0.712. The molecule has 5 nitrogen and oxygen atoms in total. The maximum atomic E-state index is 12.8. The third-order valence-corrected chi connectivity index (χ3v) is 4.05. The highest BCUT2D eigenvalue weighted by atomic mass is 35.5. The summed E-state index contributed by atoms with van der Waals surface area (Å²) >= 11 is 5.82. The molecule has 2 heterocycles. The third-order valence-electron chi connectivity index (χ3n) is 3.58. The van der Waals surface area contributed by atoms with E-state index in [1.54, 1.807) is 13.8 Å². The molecular formula is C13H18ClF2N3O2. The van der Waals surface area contributed by atoms with E-state index in [0.29, 0.717) is 18.8 Å².